The Morgan fingerprint density at radius 3 is 2.53 bits per heavy atom. The minimum atomic E-state index is -4.31. The van der Waals surface area contributed by atoms with Gasteiger partial charge in [-0.15, -0.1) is 0 Å². The fourth-order valence-corrected chi connectivity index (χ4v) is 3.46. The molecule has 1 atom stereocenters. The second-order valence-electron chi connectivity index (χ2n) is 6.71. The summed E-state index contributed by atoms with van der Waals surface area (Å²) in [6.45, 7) is 4.12. The summed E-state index contributed by atoms with van der Waals surface area (Å²) in [7, 11) is -4.31. The molecule has 0 heterocycles. The number of carbonyl (C=O) groups is 2. The van der Waals surface area contributed by atoms with Gasteiger partial charge in [0.15, 0.2) is 0 Å². The molecule has 2 aromatic rings. The number of carbonyl (C=O) groups excluding carboxylic acids is 2. The molecule has 0 aliphatic heterocycles. The molecule has 0 saturated carbocycles. The third-order valence-electron chi connectivity index (χ3n) is 4.41. The van der Waals surface area contributed by atoms with Gasteiger partial charge in [0, 0.05) is 0 Å². The second kappa shape index (κ2) is 10.9. The fourth-order valence-electron chi connectivity index (χ4n) is 2.92. The smallest absolute Gasteiger partial charge is 0.328 e. The SMILES string of the molecule is CCCCOc1ccc2ccccc2c1C(=O)N[C@@H](CCS(=O)(=O)O)C(=O)OCC. The van der Waals surface area contributed by atoms with Crippen molar-refractivity contribution in [1.82, 2.24) is 5.32 Å². The maximum atomic E-state index is 13.1. The molecule has 8 nitrogen and oxygen atoms in total. The summed E-state index contributed by atoms with van der Waals surface area (Å²) >= 11 is 0. The minimum Gasteiger partial charge on any atom is -0.493 e. The number of nitrogens with one attached hydrogen (secondary N) is 1. The summed E-state index contributed by atoms with van der Waals surface area (Å²) < 4.78 is 42.0. The van der Waals surface area contributed by atoms with E-state index in [1.54, 1.807) is 25.1 Å². The van der Waals surface area contributed by atoms with Crippen molar-refractivity contribution in [3.63, 3.8) is 0 Å². The molecule has 1 amide bonds. The van der Waals surface area contributed by atoms with E-state index >= 15 is 0 Å². The third kappa shape index (κ3) is 6.70. The molecular weight excluding hydrogens is 410 g/mol. The molecule has 2 N–H and O–H groups in total. The van der Waals surface area contributed by atoms with Gasteiger partial charge in [0.1, 0.15) is 11.8 Å². The van der Waals surface area contributed by atoms with Crippen LogP contribution in [0.1, 0.15) is 43.5 Å². The van der Waals surface area contributed by atoms with Gasteiger partial charge in [-0.25, -0.2) is 4.79 Å². The van der Waals surface area contributed by atoms with E-state index in [1.807, 2.05) is 25.1 Å². The summed E-state index contributed by atoms with van der Waals surface area (Å²) in [6.07, 6.45) is 1.42. The third-order valence-corrected chi connectivity index (χ3v) is 5.17. The monoisotopic (exact) mass is 437 g/mol. The molecule has 2 rings (SSSR count). The Balaban J connectivity index is 2.37. The van der Waals surface area contributed by atoms with E-state index in [0.29, 0.717) is 17.7 Å². The standard InChI is InChI=1S/C21H27NO7S/c1-3-5-13-29-18-11-10-15-8-6-7-9-16(15)19(18)20(23)22-17(21(24)28-4-2)12-14-30(25,26)27/h6-11,17H,3-5,12-14H2,1-2H3,(H,22,23)(H,25,26,27)/t17-/m0/s1. The highest BCUT2D eigenvalue weighted by Gasteiger charge is 2.27. The van der Waals surface area contributed by atoms with Crippen molar-refractivity contribution in [2.75, 3.05) is 19.0 Å². The van der Waals surface area contributed by atoms with E-state index < -0.39 is 33.8 Å². The molecule has 9 heteroatoms. The molecule has 30 heavy (non-hydrogen) atoms. The molecule has 0 bridgehead atoms. The van der Waals surface area contributed by atoms with Crippen LogP contribution in [0.5, 0.6) is 5.75 Å². The molecule has 0 fully saturated rings. The Bertz CT molecular complexity index is 988. The van der Waals surface area contributed by atoms with Crippen molar-refractivity contribution in [2.24, 2.45) is 0 Å². The largest absolute Gasteiger partial charge is 0.493 e. The van der Waals surface area contributed by atoms with Gasteiger partial charge in [-0.1, -0.05) is 43.7 Å². The summed E-state index contributed by atoms with van der Waals surface area (Å²) in [4.78, 5) is 25.4. The van der Waals surface area contributed by atoms with Crippen molar-refractivity contribution in [1.29, 1.82) is 0 Å². The molecule has 0 aliphatic carbocycles. The molecule has 0 radical (unpaired) electrons. The number of ether oxygens (including phenoxy) is 2. The van der Waals surface area contributed by atoms with Crippen LogP contribution in [0, 0.1) is 0 Å². The van der Waals surface area contributed by atoms with Gasteiger partial charge in [0.2, 0.25) is 0 Å². The van der Waals surface area contributed by atoms with E-state index in [4.69, 9.17) is 14.0 Å². The Morgan fingerprint density at radius 1 is 1.13 bits per heavy atom. The van der Waals surface area contributed by atoms with Crippen molar-refractivity contribution < 1.29 is 32.0 Å². The molecule has 0 spiro atoms. The van der Waals surface area contributed by atoms with E-state index in [1.165, 1.54) is 0 Å². The zero-order chi connectivity index (χ0) is 22.1. The van der Waals surface area contributed by atoms with Crippen LogP contribution < -0.4 is 10.1 Å². The van der Waals surface area contributed by atoms with Crippen LogP contribution in [0.15, 0.2) is 36.4 Å². The number of hydrogen-bond donors (Lipinski definition) is 2. The van der Waals surface area contributed by atoms with Crippen molar-refractivity contribution in [3.8, 4) is 5.75 Å². The Kier molecular flexibility index (Phi) is 8.61. The van der Waals surface area contributed by atoms with Crippen molar-refractivity contribution >= 4 is 32.8 Å². The zero-order valence-electron chi connectivity index (χ0n) is 17.1. The minimum absolute atomic E-state index is 0.0662. The average Bonchev–Trinajstić information content (AvgIpc) is 2.70. The molecule has 0 saturated heterocycles. The van der Waals surface area contributed by atoms with Crippen LogP contribution >= 0.6 is 0 Å². The van der Waals surface area contributed by atoms with Crippen LogP contribution in [0.3, 0.4) is 0 Å². The predicted octanol–water partition coefficient (Wildman–Crippen LogP) is 2.96. The molecule has 2 aromatic carbocycles. The van der Waals surface area contributed by atoms with Gasteiger partial charge < -0.3 is 14.8 Å². The van der Waals surface area contributed by atoms with Crippen molar-refractivity contribution in [3.05, 3.63) is 42.0 Å². The van der Waals surface area contributed by atoms with Gasteiger partial charge in [0.25, 0.3) is 16.0 Å². The topological polar surface area (TPSA) is 119 Å². The molecular formula is C21H27NO7S. The highest BCUT2D eigenvalue weighted by atomic mass is 32.2. The Morgan fingerprint density at radius 2 is 1.87 bits per heavy atom. The molecule has 0 aliphatic rings. The fraction of sp³-hybridized carbons (Fsp3) is 0.429. The lowest BCUT2D eigenvalue weighted by Crippen LogP contribution is -2.43. The number of fused-ring (bicyclic) bond motifs is 1. The van der Waals surface area contributed by atoms with E-state index in [9.17, 15) is 18.0 Å². The number of amides is 1. The summed E-state index contributed by atoms with van der Waals surface area (Å²) in [5.41, 5.74) is 0.255. The van der Waals surface area contributed by atoms with Gasteiger partial charge in [-0.2, -0.15) is 8.42 Å². The van der Waals surface area contributed by atoms with Gasteiger partial charge in [-0.3, -0.25) is 9.35 Å². The lowest BCUT2D eigenvalue weighted by molar-refractivity contribution is -0.145. The van der Waals surface area contributed by atoms with Gasteiger partial charge in [0.05, 0.1) is 24.5 Å². The molecule has 0 aromatic heterocycles. The first-order chi connectivity index (χ1) is 14.3. The Hall–Kier alpha value is -2.65. The lowest BCUT2D eigenvalue weighted by atomic mass is 10.0. The number of hydrogen-bond acceptors (Lipinski definition) is 6. The number of benzene rings is 2. The summed E-state index contributed by atoms with van der Waals surface area (Å²) in [5, 5.41) is 4.00. The summed E-state index contributed by atoms with van der Waals surface area (Å²) in [6, 6.07) is 9.56. The number of unbranched alkanes of at least 4 members (excludes halogenated alkanes) is 1. The summed E-state index contributed by atoms with van der Waals surface area (Å²) in [5.74, 6) is -1.68. The first-order valence-corrected chi connectivity index (χ1v) is 11.4. The first kappa shape index (κ1) is 23.6. The molecule has 0 unspecified atom stereocenters. The Labute approximate surface area is 176 Å². The average molecular weight is 438 g/mol. The maximum Gasteiger partial charge on any atom is 0.328 e. The highest BCUT2D eigenvalue weighted by Crippen LogP contribution is 2.28. The second-order valence-corrected chi connectivity index (χ2v) is 8.29. The molecule has 164 valence electrons. The highest BCUT2D eigenvalue weighted by molar-refractivity contribution is 7.85. The lowest BCUT2D eigenvalue weighted by Gasteiger charge is -2.19. The van der Waals surface area contributed by atoms with Crippen LogP contribution in [0.2, 0.25) is 0 Å². The first-order valence-electron chi connectivity index (χ1n) is 9.84. The van der Waals surface area contributed by atoms with Gasteiger partial charge in [-0.05, 0) is 36.6 Å². The van der Waals surface area contributed by atoms with Crippen LogP contribution in [0.25, 0.3) is 10.8 Å². The maximum absolute atomic E-state index is 13.1. The van der Waals surface area contributed by atoms with Crippen molar-refractivity contribution in [2.45, 2.75) is 39.2 Å². The predicted molar refractivity (Wildman–Crippen MR) is 113 cm³/mol. The van der Waals surface area contributed by atoms with E-state index in [2.05, 4.69) is 5.32 Å². The van der Waals surface area contributed by atoms with Crippen LogP contribution in [0.4, 0.5) is 0 Å². The normalized spacial score (nSPS) is 12.4. The van der Waals surface area contributed by atoms with E-state index in [0.717, 1.165) is 18.2 Å². The number of esters is 1. The number of rotatable bonds is 11. The van der Waals surface area contributed by atoms with Crippen LogP contribution in [-0.2, 0) is 19.6 Å². The van der Waals surface area contributed by atoms with Gasteiger partial charge >= 0.3 is 5.97 Å². The quantitative estimate of drug-likeness (QED) is 0.315. The van der Waals surface area contributed by atoms with E-state index in [-0.39, 0.29) is 18.6 Å². The van der Waals surface area contributed by atoms with Crippen LogP contribution in [-0.4, -0.2) is 49.9 Å². The zero-order valence-corrected chi connectivity index (χ0v) is 17.9.